The zero-order valence-corrected chi connectivity index (χ0v) is 15.3. The Kier molecular flexibility index (Phi) is 3.54. The van der Waals surface area contributed by atoms with Crippen molar-refractivity contribution >= 4 is 22.1 Å². The molecule has 0 amide bonds. The molecule has 0 spiro atoms. The molecule has 0 saturated carbocycles. The minimum Gasteiger partial charge on any atom is -0.437 e. The van der Waals surface area contributed by atoms with Crippen LogP contribution >= 0.6 is 0 Å². The average Bonchev–Trinajstić information content (AvgIpc) is 3.08. The van der Waals surface area contributed by atoms with Crippen molar-refractivity contribution in [2.75, 3.05) is 0 Å². The lowest BCUT2D eigenvalue weighted by atomic mass is 9.98. The van der Waals surface area contributed by atoms with E-state index >= 15 is 0 Å². The SMILES string of the molecule is Cc1c[n+](C)c(-c2cccc3c2oc2ncccc23)cc1-c1ccccc1. The molecule has 5 rings (SSSR count). The first-order valence-corrected chi connectivity index (χ1v) is 9.05. The first-order valence-electron chi connectivity index (χ1n) is 9.05. The largest absolute Gasteiger partial charge is 0.437 e. The summed E-state index contributed by atoms with van der Waals surface area (Å²) in [4.78, 5) is 4.38. The molecule has 0 aliphatic carbocycles. The summed E-state index contributed by atoms with van der Waals surface area (Å²) in [7, 11) is 2.08. The van der Waals surface area contributed by atoms with Crippen LogP contribution in [0.25, 0.3) is 44.5 Å². The fourth-order valence-corrected chi connectivity index (χ4v) is 3.81. The predicted molar refractivity (Wildman–Crippen MR) is 108 cm³/mol. The molecule has 0 radical (unpaired) electrons. The summed E-state index contributed by atoms with van der Waals surface area (Å²) in [6.07, 6.45) is 3.95. The third-order valence-corrected chi connectivity index (χ3v) is 5.11. The number of furan rings is 1. The van der Waals surface area contributed by atoms with Gasteiger partial charge in [-0.3, -0.25) is 0 Å². The maximum Gasteiger partial charge on any atom is 0.227 e. The molecule has 5 aromatic rings. The van der Waals surface area contributed by atoms with Crippen LogP contribution in [0.4, 0.5) is 0 Å². The Bertz CT molecular complexity index is 1290. The maximum atomic E-state index is 6.14. The summed E-state index contributed by atoms with van der Waals surface area (Å²) < 4.78 is 8.31. The molecule has 0 aliphatic heterocycles. The second kappa shape index (κ2) is 6.06. The number of benzene rings is 2. The molecule has 2 aromatic carbocycles. The molecule has 3 aromatic heterocycles. The highest BCUT2D eigenvalue weighted by Gasteiger charge is 2.20. The fourth-order valence-electron chi connectivity index (χ4n) is 3.81. The van der Waals surface area contributed by atoms with Gasteiger partial charge >= 0.3 is 0 Å². The lowest BCUT2D eigenvalue weighted by Crippen LogP contribution is -2.31. The molecule has 3 heteroatoms. The van der Waals surface area contributed by atoms with Crippen LogP contribution in [0.5, 0.6) is 0 Å². The van der Waals surface area contributed by atoms with Crippen molar-refractivity contribution < 1.29 is 8.98 Å². The van der Waals surface area contributed by atoms with E-state index in [1.165, 1.54) is 16.7 Å². The highest BCUT2D eigenvalue weighted by molar-refractivity contribution is 6.08. The van der Waals surface area contributed by atoms with E-state index in [1.807, 2.05) is 12.1 Å². The van der Waals surface area contributed by atoms with Crippen LogP contribution in [0.1, 0.15) is 5.56 Å². The molecule has 0 atom stereocenters. The van der Waals surface area contributed by atoms with Crippen molar-refractivity contribution in [3.8, 4) is 22.4 Å². The minimum atomic E-state index is 0.679. The maximum absolute atomic E-state index is 6.14. The number of para-hydroxylation sites is 1. The van der Waals surface area contributed by atoms with Crippen LogP contribution in [-0.4, -0.2) is 4.98 Å². The Morgan fingerprint density at radius 2 is 1.67 bits per heavy atom. The number of rotatable bonds is 2. The van der Waals surface area contributed by atoms with Gasteiger partial charge in [-0.1, -0.05) is 42.5 Å². The molecule has 130 valence electrons. The molecule has 0 fully saturated rings. The molecule has 0 bridgehead atoms. The van der Waals surface area contributed by atoms with Crippen molar-refractivity contribution in [3.63, 3.8) is 0 Å². The van der Waals surface area contributed by atoms with E-state index in [2.05, 4.69) is 84.3 Å². The first-order chi connectivity index (χ1) is 13.2. The fraction of sp³-hybridized carbons (Fsp3) is 0.0833. The lowest BCUT2D eigenvalue weighted by molar-refractivity contribution is -0.660. The molecular weight excluding hydrogens is 332 g/mol. The quantitative estimate of drug-likeness (QED) is 0.396. The van der Waals surface area contributed by atoms with E-state index in [9.17, 15) is 0 Å². The van der Waals surface area contributed by atoms with Gasteiger partial charge in [0.1, 0.15) is 7.05 Å². The van der Waals surface area contributed by atoms with Gasteiger partial charge < -0.3 is 4.42 Å². The van der Waals surface area contributed by atoms with Crippen LogP contribution in [-0.2, 0) is 7.05 Å². The van der Waals surface area contributed by atoms with Crippen molar-refractivity contribution in [2.24, 2.45) is 7.05 Å². The number of aromatic nitrogens is 2. The smallest absolute Gasteiger partial charge is 0.227 e. The van der Waals surface area contributed by atoms with Crippen molar-refractivity contribution in [1.82, 2.24) is 4.98 Å². The number of hydrogen-bond donors (Lipinski definition) is 0. The Labute approximate surface area is 157 Å². The van der Waals surface area contributed by atoms with Gasteiger partial charge in [0.2, 0.25) is 11.4 Å². The van der Waals surface area contributed by atoms with Crippen LogP contribution < -0.4 is 4.57 Å². The van der Waals surface area contributed by atoms with Crippen molar-refractivity contribution in [3.05, 3.63) is 84.7 Å². The van der Waals surface area contributed by atoms with E-state index in [1.54, 1.807) is 6.20 Å². The molecule has 0 aliphatic rings. The highest BCUT2D eigenvalue weighted by Crippen LogP contribution is 2.35. The Hall–Kier alpha value is -3.46. The van der Waals surface area contributed by atoms with E-state index in [0.29, 0.717) is 5.71 Å². The second-order valence-electron chi connectivity index (χ2n) is 6.87. The monoisotopic (exact) mass is 351 g/mol. The number of nitrogens with zero attached hydrogens (tertiary/aromatic N) is 2. The van der Waals surface area contributed by atoms with Crippen LogP contribution in [0.15, 0.2) is 83.5 Å². The molecule has 27 heavy (non-hydrogen) atoms. The molecule has 0 N–H and O–H groups in total. The second-order valence-corrected chi connectivity index (χ2v) is 6.87. The van der Waals surface area contributed by atoms with Gasteiger partial charge in [0.15, 0.2) is 11.8 Å². The first kappa shape index (κ1) is 15.8. The summed E-state index contributed by atoms with van der Waals surface area (Å²) >= 11 is 0. The molecular formula is C24H19N2O+. The standard InChI is InChI=1S/C24H19N2O/c1-16-15-26(2)22(14-21(16)17-8-4-3-5-9-17)20-11-6-10-18-19-12-7-13-25-24(19)27-23(18)20/h3-15H,1-2H3/q+1. The van der Waals surface area contributed by atoms with Gasteiger partial charge in [-0.05, 0) is 36.2 Å². The van der Waals surface area contributed by atoms with Gasteiger partial charge in [-0.25, -0.2) is 9.55 Å². The average molecular weight is 351 g/mol. The molecule has 3 heterocycles. The Balaban J connectivity index is 1.80. The van der Waals surface area contributed by atoms with E-state index in [-0.39, 0.29) is 0 Å². The van der Waals surface area contributed by atoms with Gasteiger partial charge in [-0.15, -0.1) is 0 Å². The molecule has 3 nitrogen and oxygen atoms in total. The predicted octanol–water partition coefficient (Wildman–Crippen LogP) is 5.45. The Morgan fingerprint density at radius 3 is 2.52 bits per heavy atom. The van der Waals surface area contributed by atoms with Crippen LogP contribution in [0.2, 0.25) is 0 Å². The van der Waals surface area contributed by atoms with Crippen molar-refractivity contribution in [2.45, 2.75) is 6.92 Å². The Morgan fingerprint density at radius 1 is 0.852 bits per heavy atom. The van der Waals surface area contributed by atoms with Crippen molar-refractivity contribution in [1.29, 1.82) is 0 Å². The highest BCUT2D eigenvalue weighted by atomic mass is 16.3. The van der Waals surface area contributed by atoms with Crippen LogP contribution in [0.3, 0.4) is 0 Å². The number of hydrogen-bond acceptors (Lipinski definition) is 2. The van der Waals surface area contributed by atoms with E-state index in [4.69, 9.17) is 4.42 Å². The molecule has 0 unspecified atom stereocenters. The van der Waals surface area contributed by atoms with Crippen LogP contribution in [0, 0.1) is 6.92 Å². The topological polar surface area (TPSA) is 29.9 Å². The summed E-state index contributed by atoms with van der Waals surface area (Å²) in [6, 6.07) is 23.1. The van der Waals surface area contributed by atoms with Gasteiger partial charge in [0.25, 0.3) is 0 Å². The minimum absolute atomic E-state index is 0.679. The zero-order chi connectivity index (χ0) is 18.4. The van der Waals surface area contributed by atoms with Gasteiger partial charge in [-0.2, -0.15) is 0 Å². The number of aryl methyl sites for hydroxylation is 2. The molecule has 0 saturated heterocycles. The van der Waals surface area contributed by atoms with E-state index in [0.717, 1.165) is 27.6 Å². The third-order valence-electron chi connectivity index (χ3n) is 5.11. The van der Waals surface area contributed by atoms with Gasteiger partial charge in [0, 0.05) is 28.6 Å². The summed E-state index contributed by atoms with van der Waals surface area (Å²) in [5, 5.41) is 2.14. The third kappa shape index (κ3) is 2.51. The summed E-state index contributed by atoms with van der Waals surface area (Å²) in [6.45, 7) is 2.15. The zero-order valence-electron chi connectivity index (χ0n) is 15.3. The number of fused-ring (bicyclic) bond motifs is 3. The lowest BCUT2D eigenvalue weighted by Gasteiger charge is -2.08. The number of pyridine rings is 2. The summed E-state index contributed by atoms with van der Waals surface area (Å²) in [5.41, 5.74) is 7.44. The van der Waals surface area contributed by atoms with Gasteiger partial charge in [0.05, 0.1) is 5.56 Å². The normalized spacial score (nSPS) is 11.3. The summed E-state index contributed by atoms with van der Waals surface area (Å²) in [5.74, 6) is 0. The van der Waals surface area contributed by atoms with E-state index < -0.39 is 0 Å².